The van der Waals surface area contributed by atoms with Crippen LogP contribution in [0.5, 0.6) is 0 Å². The van der Waals surface area contributed by atoms with E-state index in [-0.39, 0.29) is 11.9 Å². The number of carbonyl (C=O) groups excluding carboxylic acids is 1. The lowest BCUT2D eigenvalue weighted by Gasteiger charge is -2.14. The number of rotatable bonds is 4. The van der Waals surface area contributed by atoms with Gasteiger partial charge in [0, 0.05) is 12.2 Å². The third kappa shape index (κ3) is 3.58. The Balaban J connectivity index is 2.66. The molecular formula is C11H14Cl2N2O. The Labute approximate surface area is 105 Å². The van der Waals surface area contributed by atoms with Crippen molar-refractivity contribution in [3.63, 3.8) is 0 Å². The molecule has 0 heterocycles. The van der Waals surface area contributed by atoms with Gasteiger partial charge < -0.3 is 10.6 Å². The van der Waals surface area contributed by atoms with Gasteiger partial charge >= 0.3 is 0 Å². The predicted octanol–water partition coefficient (Wildman–Crippen LogP) is 2.93. The minimum atomic E-state index is -0.308. The van der Waals surface area contributed by atoms with Gasteiger partial charge in [0.05, 0.1) is 10.0 Å². The Hall–Kier alpha value is -0.930. The molecule has 3 nitrogen and oxygen atoms in total. The van der Waals surface area contributed by atoms with Crippen molar-refractivity contribution in [2.75, 3.05) is 11.9 Å². The maximum atomic E-state index is 11.5. The quantitative estimate of drug-likeness (QED) is 0.874. The van der Waals surface area contributed by atoms with Gasteiger partial charge in [-0.25, -0.2) is 0 Å². The Kier molecular flexibility index (Phi) is 4.90. The summed E-state index contributed by atoms with van der Waals surface area (Å²) < 4.78 is 0. The van der Waals surface area contributed by atoms with Crippen molar-refractivity contribution in [3.05, 3.63) is 28.2 Å². The summed E-state index contributed by atoms with van der Waals surface area (Å²) in [4.78, 5) is 11.5. The summed E-state index contributed by atoms with van der Waals surface area (Å²) >= 11 is 11.7. The largest absolute Gasteiger partial charge is 0.374 e. The second kappa shape index (κ2) is 5.97. The van der Waals surface area contributed by atoms with Gasteiger partial charge in [-0.2, -0.15) is 0 Å². The van der Waals surface area contributed by atoms with Crippen molar-refractivity contribution < 1.29 is 4.79 Å². The average molecular weight is 261 g/mol. The van der Waals surface area contributed by atoms with Crippen LogP contribution in [0.4, 0.5) is 5.69 Å². The Bertz CT molecular complexity index is 382. The fourth-order valence-corrected chi connectivity index (χ4v) is 1.53. The number of hydrogen-bond donors (Lipinski definition) is 2. The molecule has 1 aromatic rings. The topological polar surface area (TPSA) is 41.1 Å². The molecule has 0 fully saturated rings. The smallest absolute Gasteiger partial charge is 0.242 e. The molecule has 0 spiro atoms. The molecule has 1 atom stereocenters. The van der Waals surface area contributed by atoms with Crippen LogP contribution in [0.15, 0.2) is 18.2 Å². The number of benzene rings is 1. The van der Waals surface area contributed by atoms with Crippen LogP contribution in [0, 0.1) is 0 Å². The van der Waals surface area contributed by atoms with E-state index in [0.717, 1.165) is 5.69 Å². The van der Waals surface area contributed by atoms with Gasteiger partial charge in [-0.3, -0.25) is 4.79 Å². The Morgan fingerprint density at radius 2 is 2.06 bits per heavy atom. The van der Waals surface area contributed by atoms with E-state index < -0.39 is 0 Å². The van der Waals surface area contributed by atoms with E-state index in [4.69, 9.17) is 23.2 Å². The molecule has 0 aliphatic rings. The summed E-state index contributed by atoms with van der Waals surface area (Å²) in [5, 5.41) is 6.74. The highest BCUT2D eigenvalue weighted by Crippen LogP contribution is 2.25. The van der Waals surface area contributed by atoms with Crippen molar-refractivity contribution in [2.24, 2.45) is 0 Å². The molecule has 0 aliphatic carbocycles. The highest BCUT2D eigenvalue weighted by Gasteiger charge is 2.11. The number of anilines is 1. The SMILES string of the molecule is CCNC(=O)C(C)Nc1ccc(Cl)c(Cl)c1. The molecule has 0 saturated heterocycles. The molecule has 0 radical (unpaired) electrons. The minimum Gasteiger partial charge on any atom is -0.374 e. The summed E-state index contributed by atoms with van der Waals surface area (Å²) in [5.41, 5.74) is 0.771. The normalized spacial score (nSPS) is 12.0. The van der Waals surface area contributed by atoms with Gasteiger partial charge in [0.2, 0.25) is 5.91 Å². The first-order valence-electron chi connectivity index (χ1n) is 5.04. The van der Waals surface area contributed by atoms with Crippen LogP contribution in [0.25, 0.3) is 0 Å². The lowest BCUT2D eigenvalue weighted by Crippen LogP contribution is -2.37. The van der Waals surface area contributed by atoms with Gasteiger partial charge in [0.1, 0.15) is 6.04 Å². The van der Waals surface area contributed by atoms with Gasteiger partial charge in [-0.05, 0) is 32.0 Å². The molecular weight excluding hydrogens is 247 g/mol. The molecule has 1 aromatic carbocycles. The second-order valence-corrected chi connectivity index (χ2v) is 4.20. The standard InChI is InChI=1S/C11H14Cl2N2O/c1-3-14-11(16)7(2)15-8-4-5-9(12)10(13)6-8/h4-7,15H,3H2,1-2H3,(H,14,16). The first-order chi connectivity index (χ1) is 7.54. The molecule has 1 rings (SSSR count). The van der Waals surface area contributed by atoms with E-state index in [2.05, 4.69) is 10.6 Å². The maximum Gasteiger partial charge on any atom is 0.242 e. The lowest BCUT2D eigenvalue weighted by atomic mass is 10.2. The van der Waals surface area contributed by atoms with Gasteiger partial charge in [-0.1, -0.05) is 23.2 Å². The lowest BCUT2D eigenvalue weighted by molar-refractivity contribution is -0.121. The second-order valence-electron chi connectivity index (χ2n) is 3.39. The Morgan fingerprint density at radius 3 is 2.62 bits per heavy atom. The fourth-order valence-electron chi connectivity index (χ4n) is 1.23. The van der Waals surface area contributed by atoms with Gasteiger partial charge in [0.15, 0.2) is 0 Å². The van der Waals surface area contributed by atoms with E-state index in [1.54, 1.807) is 25.1 Å². The van der Waals surface area contributed by atoms with E-state index >= 15 is 0 Å². The van der Waals surface area contributed by atoms with Crippen LogP contribution in [-0.4, -0.2) is 18.5 Å². The molecule has 2 N–H and O–H groups in total. The first kappa shape index (κ1) is 13.1. The van der Waals surface area contributed by atoms with E-state index in [1.807, 2.05) is 6.92 Å². The summed E-state index contributed by atoms with van der Waals surface area (Å²) in [7, 11) is 0. The number of carbonyl (C=O) groups is 1. The van der Waals surface area contributed by atoms with Gasteiger partial charge in [0.25, 0.3) is 0 Å². The number of likely N-dealkylation sites (N-methyl/N-ethyl adjacent to an activating group) is 1. The molecule has 88 valence electrons. The summed E-state index contributed by atoms with van der Waals surface area (Å²) in [6.07, 6.45) is 0. The van der Waals surface area contributed by atoms with Crippen LogP contribution in [0.1, 0.15) is 13.8 Å². The summed E-state index contributed by atoms with van der Waals surface area (Å²) in [6.45, 7) is 4.28. The molecule has 0 saturated carbocycles. The molecule has 16 heavy (non-hydrogen) atoms. The number of amides is 1. The third-order valence-corrected chi connectivity index (χ3v) is 2.79. The van der Waals surface area contributed by atoms with E-state index in [9.17, 15) is 4.79 Å². The van der Waals surface area contributed by atoms with Gasteiger partial charge in [-0.15, -0.1) is 0 Å². The van der Waals surface area contributed by atoms with Crippen LogP contribution in [-0.2, 0) is 4.79 Å². The monoisotopic (exact) mass is 260 g/mol. The molecule has 0 bridgehead atoms. The number of nitrogens with one attached hydrogen (secondary N) is 2. The molecule has 1 amide bonds. The zero-order chi connectivity index (χ0) is 12.1. The predicted molar refractivity (Wildman–Crippen MR) is 68.2 cm³/mol. The highest BCUT2D eigenvalue weighted by atomic mass is 35.5. The van der Waals surface area contributed by atoms with Crippen LogP contribution < -0.4 is 10.6 Å². The van der Waals surface area contributed by atoms with Crippen molar-refractivity contribution in [2.45, 2.75) is 19.9 Å². The van der Waals surface area contributed by atoms with E-state index in [0.29, 0.717) is 16.6 Å². The molecule has 1 unspecified atom stereocenters. The van der Waals surface area contributed by atoms with Crippen molar-refractivity contribution in [1.29, 1.82) is 0 Å². The molecule has 5 heteroatoms. The Morgan fingerprint density at radius 1 is 1.38 bits per heavy atom. The zero-order valence-electron chi connectivity index (χ0n) is 9.18. The third-order valence-electron chi connectivity index (χ3n) is 2.05. The van der Waals surface area contributed by atoms with Crippen LogP contribution >= 0.6 is 23.2 Å². The zero-order valence-corrected chi connectivity index (χ0v) is 10.7. The fraction of sp³-hybridized carbons (Fsp3) is 0.364. The first-order valence-corrected chi connectivity index (χ1v) is 5.79. The number of halogens is 2. The van der Waals surface area contributed by atoms with E-state index in [1.165, 1.54) is 0 Å². The van der Waals surface area contributed by atoms with Crippen LogP contribution in [0.3, 0.4) is 0 Å². The molecule has 0 aromatic heterocycles. The molecule has 0 aliphatic heterocycles. The highest BCUT2D eigenvalue weighted by molar-refractivity contribution is 6.42. The average Bonchev–Trinajstić information content (AvgIpc) is 2.24. The number of hydrogen-bond acceptors (Lipinski definition) is 2. The van der Waals surface area contributed by atoms with Crippen molar-refractivity contribution in [3.8, 4) is 0 Å². The van der Waals surface area contributed by atoms with Crippen molar-refractivity contribution >= 4 is 34.8 Å². The summed E-state index contributed by atoms with van der Waals surface area (Å²) in [6, 6.07) is 4.86. The van der Waals surface area contributed by atoms with Crippen molar-refractivity contribution in [1.82, 2.24) is 5.32 Å². The van der Waals surface area contributed by atoms with Crippen LogP contribution in [0.2, 0.25) is 10.0 Å². The summed E-state index contributed by atoms with van der Waals surface area (Å²) in [5.74, 6) is -0.0476. The minimum absolute atomic E-state index is 0.0476. The maximum absolute atomic E-state index is 11.5.